The Kier molecular flexibility index (Phi) is 3.06. The predicted molar refractivity (Wildman–Crippen MR) is 46.5 cm³/mol. The number of aldehydes is 1. The molecule has 0 spiro atoms. The van der Waals surface area contributed by atoms with Gasteiger partial charge in [-0.2, -0.15) is 13.2 Å². The van der Waals surface area contributed by atoms with Crippen LogP contribution >= 0.6 is 0 Å². The van der Waals surface area contributed by atoms with Crippen LogP contribution in [0.25, 0.3) is 5.57 Å². The van der Waals surface area contributed by atoms with Gasteiger partial charge in [0, 0.05) is 11.6 Å². The molecule has 1 aromatic rings. The zero-order chi connectivity index (χ0) is 10.6. The van der Waals surface area contributed by atoms with Crippen LogP contribution in [0.15, 0.2) is 36.4 Å². The molecule has 0 aliphatic carbocycles. The molecule has 0 aliphatic heterocycles. The zero-order valence-corrected chi connectivity index (χ0v) is 7.08. The molecule has 14 heavy (non-hydrogen) atoms. The van der Waals surface area contributed by atoms with E-state index in [2.05, 4.69) is 0 Å². The number of alkyl halides is 3. The summed E-state index contributed by atoms with van der Waals surface area (Å²) < 4.78 is 35.8. The van der Waals surface area contributed by atoms with Crippen LogP contribution in [0.1, 0.15) is 5.56 Å². The number of hydrogen-bond donors (Lipinski definition) is 0. The summed E-state index contributed by atoms with van der Waals surface area (Å²) in [6.45, 7) is 0. The zero-order valence-electron chi connectivity index (χ0n) is 7.08. The van der Waals surface area contributed by atoms with E-state index in [-0.39, 0.29) is 23.5 Å². The normalized spacial score (nSPS) is 12.6. The molecule has 4 heteroatoms. The van der Waals surface area contributed by atoms with Crippen LogP contribution in [-0.4, -0.2) is 12.5 Å². The van der Waals surface area contributed by atoms with Crippen molar-refractivity contribution in [3.63, 3.8) is 0 Å². The standard InChI is InChI=1S/C10H7F3O/c11-10(12,13)6-9(7-14)8-4-2-1-3-5-8/h1-7H. The van der Waals surface area contributed by atoms with Crippen LogP contribution in [0.5, 0.6) is 0 Å². The van der Waals surface area contributed by atoms with Crippen LogP contribution < -0.4 is 0 Å². The van der Waals surface area contributed by atoms with Gasteiger partial charge in [0.1, 0.15) is 0 Å². The second-order valence-electron chi connectivity index (χ2n) is 2.63. The van der Waals surface area contributed by atoms with Crippen LogP contribution in [0.3, 0.4) is 0 Å². The molecule has 0 saturated carbocycles. The number of allylic oxidation sites excluding steroid dienone is 2. The highest BCUT2D eigenvalue weighted by atomic mass is 19.4. The molecule has 0 unspecified atom stereocenters. The van der Waals surface area contributed by atoms with Gasteiger partial charge in [-0.15, -0.1) is 0 Å². The van der Waals surface area contributed by atoms with Gasteiger partial charge in [-0.25, -0.2) is 0 Å². The summed E-state index contributed by atoms with van der Waals surface area (Å²) in [6, 6.07) is 7.71. The maximum absolute atomic E-state index is 11.9. The Hall–Kier alpha value is -1.58. The lowest BCUT2D eigenvalue weighted by Crippen LogP contribution is -2.03. The molecule has 0 amide bonds. The van der Waals surface area contributed by atoms with Crippen LogP contribution in [0.2, 0.25) is 0 Å². The third-order valence-corrected chi connectivity index (χ3v) is 1.55. The van der Waals surface area contributed by atoms with Crippen LogP contribution in [0.4, 0.5) is 13.2 Å². The van der Waals surface area contributed by atoms with E-state index in [9.17, 15) is 18.0 Å². The first-order valence-electron chi connectivity index (χ1n) is 3.83. The van der Waals surface area contributed by atoms with Gasteiger partial charge in [0.15, 0.2) is 6.29 Å². The molecule has 0 fully saturated rings. The Balaban J connectivity index is 3.06. The van der Waals surface area contributed by atoms with E-state index in [0.29, 0.717) is 0 Å². The third-order valence-electron chi connectivity index (χ3n) is 1.55. The molecule has 1 aromatic carbocycles. The molecule has 1 nitrogen and oxygen atoms in total. The minimum atomic E-state index is -4.47. The smallest absolute Gasteiger partial charge is 0.298 e. The van der Waals surface area contributed by atoms with Crippen molar-refractivity contribution in [3.8, 4) is 0 Å². The van der Waals surface area contributed by atoms with E-state index in [1.165, 1.54) is 12.1 Å². The van der Waals surface area contributed by atoms with Crippen molar-refractivity contribution in [2.24, 2.45) is 0 Å². The first-order chi connectivity index (χ1) is 6.53. The van der Waals surface area contributed by atoms with Gasteiger partial charge >= 0.3 is 6.18 Å². The Morgan fingerprint density at radius 1 is 1.14 bits per heavy atom. The molecule has 0 heterocycles. The van der Waals surface area contributed by atoms with E-state index in [0.717, 1.165) is 0 Å². The topological polar surface area (TPSA) is 17.1 Å². The fourth-order valence-electron chi connectivity index (χ4n) is 0.992. The first kappa shape index (κ1) is 10.5. The van der Waals surface area contributed by atoms with Crippen LogP contribution in [-0.2, 0) is 4.79 Å². The van der Waals surface area contributed by atoms with Gasteiger partial charge in [0.2, 0.25) is 0 Å². The highest BCUT2D eigenvalue weighted by molar-refractivity contribution is 6.06. The second-order valence-corrected chi connectivity index (χ2v) is 2.63. The second kappa shape index (κ2) is 4.09. The quantitative estimate of drug-likeness (QED) is 0.530. The van der Waals surface area contributed by atoms with E-state index in [1.54, 1.807) is 18.2 Å². The Morgan fingerprint density at radius 2 is 1.71 bits per heavy atom. The van der Waals surface area contributed by atoms with E-state index in [1.807, 2.05) is 0 Å². The lowest BCUT2D eigenvalue weighted by molar-refractivity contribution is -0.104. The Bertz CT molecular complexity index is 338. The molecule has 0 atom stereocenters. The summed E-state index contributed by atoms with van der Waals surface area (Å²) in [5.41, 5.74) is -0.0991. The molecule has 0 aliphatic rings. The largest absolute Gasteiger partial charge is 0.410 e. The fourth-order valence-corrected chi connectivity index (χ4v) is 0.992. The molecule has 0 N–H and O–H groups in total. The van der Waals surface area contributed by atoms with Gasteiger partial charge in [-0.1, -0.05) is 30.3 Å². The van der Waals surface area contributed by atoms with Crippen molar-refractivity contribution >= 4 is 11.9 Å². The van der Waals surface area contributed by atoms with E-state index < -0.39 is 6.18 Å². The molecule has 74 valence electrons. The predicted octanol–water partition coefficient (Wildman–Crippen LogP) is 2.83. The summed E-state index contributed by atoms with van der Waals surface area (Å²) >= 11 is 0. The van der Waals surface area contributed by atoms with Crippen molar-refractivity contribution in [2.75, 3.05) is 0 Å². The number of rotatable bonds is 2. The fraction of sp³-hybridized carbons (Fsp3) is 0.100. The van der Waals surface area contributed by atoms with Crippen molar-refractivity contribution < 1.29 is 18.0 Å². The highest BCUT2D eigenvalue weighted by Crippen LogP contribution is 2.22. The average Bonchev–Trinajstić information content (AvgIpc) is 2.14. The van der Waals surface area contributed by atoms with Gasteiger partial charge in [0.05, 0.1) is 0 Å². The molecule has 0 bridgehead atoms. The highest BCUT2D eigenvalue weighted by Gasteiger charge is 2.24. The van der Waals surface area contributed by atoms with E-state index >= 15 is 0 Å². The third kappa shape index (κ3) is 3.05. The number of benzene rings is 1. The molecule has 0 aromatic heterocycles. The summed E-state index contributed by atoms with van der Waals surface area (Å²) in [6.07, 6.45) is -4.27. The van der Waals surface area contributed by atoms with Crippen molar-refractivity contribution in [2.45, 2.75) is 6.18 Å². The molecule has 0 saturated heterocycles. The lowest BCUT2D eigenvalue weighted by Gasteiger charge is -2.02. The minimum absolute atomic E-state index is 0.00463. The summed E-state index contributed by atoms with van der Waals surface area (Å²) in [5, 5.41) is 0. The van der Waals surface area contributed by atoms with Crippen molar-refractivity contribution in [3.05, 3.63) is 42.0 Å². The number of halogens is 3. The maximum atomic E-state index is 11.9. The molecule has 0 radical (unpaired) electrons. The van der Waals surface area contributed by atoms with Gasteiger partial charge in [-0.05, 0) is 5.56 Å². The van der Waals surface area contributed by atoms with Gasteiger partial charge in [0.25, 0.3) is 0 Å². The number of carbonyl (C=O) groups excluding carboxylic acids is 1. The summed E-state index contributed by atoms with van der Waals surface area (Å²) in [7, 11) is 0. The SMILES string of the molecule is O=CC(=CC(F)(F)F)c1ccccc1. The average molecular weight is 200 g/mol. The van der Waals surface area contributed by atoms with Crippen molar-refractivity contribution in [1.82, 2.24) is 0 Å². The molecular formula is C10H7F3O. The minimum Gasteiger partial charge on any atom is -0.298 e. The Morgan fingerprint density at radius 3 is 2.14 bits per heavy atom. The monoisotopic (exact) mass is 200 g/mol. The summed E-state index contributed by atoms with van der Waals surface area (Å²) in [4.78, 5) is 10.4. The summed E-state index contributed by atoms with van der Waals surface area (Å²) in [5.74, 6) is 0. The molecule has 1 rings (SSSR count). The van der Waals surface area contributed by atoms with E-state index in [4.69, 9.17) is 0 Å². The van der Waals surface area contributed by atoms with Crippen LogP contribution in [0, 0.1) is 0 Å². The number of carbonyl (C=O) groups is 1. The van der Waals surface area contributed by atoms with Gasteiger partial charge < -0.3 is 0 Å². The lowest BCUT2D eigenvalue weighted by atomic mass is 10.1. The van der Waals surface area contributed by atoms with Gasteiger partial charge in [-0.3, -0.25) is 4.79 Å². The molecular weight excluding hydrogens is 193 g/mol. The van der Waals surface area contributed by atoms with Crippen molar-refractivity contribution in [1.29, 1.82) is 0 Å². The maximum Gasteiger partial charge on any atom is 0.410 e. The first-order valence-corrected chi connectivity index (χ1v) is 3.83. The number of hydrogen-bond acceptors (Lipinski definition) is 1. The Labute approximate surface area is 78.9 Å².